The van der Waals surface area contributed by atoms with Crippen molar-refractivity contribution < 1.29 is 0 Å². The first-order valence-corrected chi connectivity index (χ1v) is 12.2. The minimum atomic E-state index is 0.697. The first-order chi connectivity index (χ1) is 15.6. The van der Waals surface area contributed by atoms with Gasteiger partial charge in [-0.1, -0.05) is 74.2 Å². The van der Waals surface area contributed by atoms with Gasteiger partial charge in [0, 0.05) is 34.3 Å². The van der Waals surface area contributed by atoms with E-state index in [4.69, 9.17) is 33.2 Å². The van der Waals surface area contributed by atoms with Gasteiger partial charge in [0.1, 0.15) is 5.82 Å². The lowest BCUT2D eigenvalue weighted by molar-refractivity contribution is 0.275. The summed E-state index contributed by atoms with van der Waals surface area (Å²) >= 11 is 12.2. The van der Waals surface area contributed by atoms with E-state index in [9.17, 15) is 0 Å². The number of benzene rings is 2. The van der Waals surface area contributed by atoms with Gasteiger partial charge in [0.25, 0.3) is 0 Å². The highest BCUT2D eigenvalue weighted by molar-refractivity contribution is 6.31. The first kappa shape index (κ1) is 24.5. The fourth-order valence-electron chi connectivity index (χ4n) is 3.54. The molecule has 0 saturated carbocycles. The lowest BCUT2D eigenvalue weighted by Gasteiger charge is -2.22. The molecule has 1 N–H and O–H groups in total. The molecule has 0 unspecified atom stereocenters. The van der Waals surface area contributed by atoms with Crippen LogP contribution in [0.5, 0.6) is 0 Å². The number of hydrogen-bond donors (Lipinski definition) is 1. The van der Waals surface area contributed by atoms with Crippen LogP contribution in [-0.4, -0.2) is 41.0 Å². The van der Waals surface area contributed by atoms with Gasteiger partial charge in [0.2, 0.25) is 0 Å². The van der Waals surface area contributed by atoms with Crippen molar-refractivity contribution in [1.82, 2.24) is 14.9 Å². The van der Waals surface area contributed by atoms with E-state index in [1.807, 2.05) is 54.7 Å². The van der Waals surface area contributed by atoms with E-state index >= 15 is 0 Å². The van der Waals surface area contributed by atoms with Gasteiger partial charge < -0.3 is 10.2 Å². The summed E-state index contributed by atoms with van der Waals surface area (Å²) in [6, 6.07) is 15.4. The van der Waals surface area contributed by atoms with Crippen LogP contribution in [0.4, 0.5) is 5.82 Å². The van der Waals surface area contributed by atoms with Crippen molar-refractivity contribution in [2.24, 2.45) is 0 Å². The second-order valence-electron chi connectivity index (χ2n) is 7.94. The molecule has 2 aromatic carbocycles. The Morgan fingerprint density at radius 1 is 0.750 bits per heavy atom. The normalized spacial score (nSPS) is 11.2. The molecule has 0 atom stereocenters. The third-order valence-corrected chi connectivity index (χ3v) is 5.90. The summed E-state index contributed by atoms with van der Waals surface area (Å²) < 4.78 is 0. The third kappa shape index (κ3) is 7.19. The molecule has 0 radical (unpaired) electrons. The summed E-state index contributed by atoms with van der Waals surface area (Å²) in [5.41, 5.74) is 3.59. The zero-order valence-corrected chi connectivity index (χ0v) is 20.5. The highest BCUT2D eigenvalue weighted by atomic mass is 35.5. The molecule has 3 aromatic rings. The van der Waals surface area contributed by atoms with Gasteiger partial charge in [-0.2, -0.15) is 0 Å². The Bertz CT molecular complexity index is 951. The number of nitrogens with one attached hydrogen (secondary N) is 1. The Balaban J connectivity index is 1.79. The maximum atomic E-state index is 6.11. The highest BCUT2D eigenvalue weighted by Crippen LogP contribution is 2.31. The summed E-state index contributed by atoms with van der Waals surface area (Å²) in [4.78, 5) is 12.2. The van der Waals surface area contributed by atoms with Crippen molar-refractivity contribution in [3.05, 3.63) is 64.8 Å². The predicted molar refractivity (Wildman–Crippen MR) is 138 cm³/mol. The molecule has 6 heteroatoms. The van der Waals surface area contributed by atoms with Crippen LogP contribution in [0.1, 0.15) is 39.5 Å². The minimum Gasteiger partial charge on any atom is -0.367 e. The van der Waals surface area contributed by atoms with Gasteiger partial charge in [-0.3, -0.25) is 4.98 Å². The number of unbranched alkanes of at least 4 members (excludes halogenated alkanes) is 2. The van der Waals surface area contributed by atoms with E-state index < -0.39 is 0 Å². The fraction of sp³-hybridized carbons (Fsp3) is 0.385. The molecule has 1 heterocycles. The SMILES string of the molecule is CCCCN(CCCC)CCNc1cnc(-c2ccc(Cl)cc2)c(-c2ccc(Cl)cc2)n1. The topological polar surface area (TPSA) is 41.0 Å². The second kappa shape index (κ2) is 12.8. The zero-order chi connectivity index (χ0) is 22.8. The maximum absolute atomic E-state index is 6.11. The van der Waals surface area contributed by atoms with Crippen molar-refractivity contribution in [2.45, 2.75) is 39.5 Å². The van der Waals surface area contributed by atoms with Crippen LogP contribution in [0.25, 0.3) is 22.5 Å². The quantitative estimate of drug-likeness (QED) is 0.298. The summed E-state index contributed by atoms with van der Waals surface area (Å²) in [7, 11) is 0. The van der Waals surface area contributed by atoms with E-state index in [-0.39, 0.29) is 0 Å². The average molecular weight is 471 g/mol. The van der Waals surface area contributed by atoms with Crippen molar-refractivity contribution >= 4 is 29.0 Å². The molecular weight excluding hydrogens is 439 g/mol. The highest BCUT2D eigenvalue weighted by Gasteiger charge is 2.13. The average Bonchev–Trinajstić information content (AvgIpc) is 2.81. The monoisotopic (exact) mass is 470 g/mol. The molecule has 1 aromatic heterocycles. The van der Waals surface area contributed by atoms with Crippen LogP contribution in [0.3, 0.4) is 0 Å². The van der Waals surface area contributed by atoms with E-state index in [1.165, 1.54) is 25.7 Å². The smallest absolute Gasteiger partial charge is 0.145 e. The number of nitrogens with zero attached hydrogens (tertiary/aromatic N) is 3. The van der Waals surface area contributed by atoms with Crippen molar-refractivity contribution in [1.29, 1.82) is 0 Å². The Morgan fingerprint density at radius 3 is 1.81 bits per heavy atom. The maximum Gasteiger partial charge on any atom is 0.145 e. The molecule has 0 spiro atoms. The van der Waals surface area contributed by atoms with Crippen LogP contribution in [0, 0.1) is 0 Å². The van der Waals surface area contributed by atoms with Crippen LogP contribution < -0.4 is 5.32 Å². The second-order valence-corrected chi connectivity index (χ2v) is 8.81. The number of aromatic nitrogens is 2. The lowest BCUT2D eigenvalue weighted by atomic mass is 10.0. The molecule has 0 amide bonds. The number of halogens is 2. The van der Waals surface area contributed by atoms with Crippen LogP contribution in [0.2, 0.25) is 10.0 Å². The summed E-state index contributed by atoms with van der Waals surface area (Å²) in [6.07, 6.45) is 6.72. The molecular formula is C26H32Cl2N4. The molecule has 3 rings (SSSR count). The fourth-order valence-corrected chi connectivity index (χ4v) is 3.80. The van der Waals surface area contributed by atoms with Gasteiger partial charge in [0.15, 0.2) is 0 Å². The van der Waals surface area contributed by atoms with E-state index in [0.717, 1.165) is 54.5 Å². The zero-order valence-electron chi connectivity index (χ0n) is 19.0. The minimum absolute atomic E-state index is 0.697. The largest absolute Gasteiger partial charge is 0.367 e. The van der Waals surface area contributed by atoms with E-state index in [1.54, 1.807) is 0 Å². The standard InChI is InChI=1S/C26H32Cl2N4/c1-3-5-16-32(17-6-4-2)18-15-29-24-19-30-25(20-7-11-22(27)12-8-20)26(31-24)21-9-13-23(28)14-10-21/h7-14,19H,3-6,15-18H2,1-2H3,(H,29,31). The van der Waals surface area contributed by atoms with Crippen LogP contribution >= 0.6 is 23.2 Å². The Hall–Kier alpha value is -2.14. The van der Waals surface area contributed by atoms with Crippen LogP contribution in [-0.2, 0) is 0 Å². The molecule has 0 aliphatic carbocycles. The van der Waals surface area contributed by atoms with Crippen molar-refractivity contribution in [3.8, 4) is 22.5 Å². The van der Waals surface area contributed by atoms with Crippen molar-refractivity contribution in [3.63, 3.8) is 0 Å². The molecule has 0 aliphatic rings. The van der Waals surface area contributed by atoms with Crippen molar-refractivity contribution in [2.75, 3.05) is 31.5 Å². The Labute approximate surface area is 202 Å². The van der Waals surface area contributed by atoms with E-state index in [0.29, 0.717) is 10.0 Å². The summed E-state index contributed by atoms with van der Waals surface area (Å²) in [6.45, 7) is 8.61. The van der Waals surface area contributed by atoms with Crippen LogP contribution in [0.15, 0.2) is 54.7 Å². The molecule has 4 nitrogen and oxygen atoms in total. The molecule has 0 saturated heterocycles. The van der Waals surface area contributed by atoms with E-state index in [2.05, 4.69) is 24.1 Å². The molecule has 0 aliphatic heterocycles. The first-order valence-electron chi connectivity index (χ1n) is 11.5. The van der Waals surface area contributed by atoms with Gasteiger partial charge in [-0.05, 0) is 50.2 Å². The van der Waals surface area contributed by atoms with Gasteiger partial charge in [0.05, 0.1) is 17.6 Å². The predicted octanol–water partition coefficient (Wildman–Crippen LogP) is 7.43. The number of hydrogen-bond acceptors (Lipinski definition) is 4. The summed E-state index contributed by atoms with van der Waals surface area (Å²) in [5, 5.41) is 4.87. The van der Waals surface area contributed by atoms with Gasteiger partial charge >= 0.3 is 0 Å². The van der Waals surface area contributed by atoms with Gasteiger partial charge in [-0.25, -0.2) is 4.98 Å². The Kier molecular flexibility index (Phi) is 9.79. The Morgan fingerprint density at radius 2 is 1.28 bits per heavy atom. The number of rotatable bonds is 12. The summed E-state index contributed by atoms with van der Waals surface area (Å²) in [5.74, 6) is 0.776. The number of anilines is 1. The lowest BCUT2D eigenvalue weighted by Crippen LogP contribution is -2.31. The molecule has 170 valence electrons. The molecule has 32 heavy (non-hydrogen) atoms. The van der Waals surface area contributed by atoms with Gasteiger partial charge in [-0.15, -0.1) is 0 Å². The third-order valence-electron chi connectivity index (χ3n) is 5.40. The molecule has 0 bridgehead atoms. The molecule has 0 fully saturated rings.